The Morgan fingerprint density at radius 1 is 1.43 bits per heavy atom. The van der Waals surface area contributed by atoms with Gasteiger partial charge in [-0.25, -0.2) is 0 Å². The molecule has 0 radical (unpaired) electrons. The van der Waals surface area contributed by atoms with Gasteiger partial charge in [0.05, 0.1) is 15.2 Å². The first kappa shape index (κ1) is 10.3. The second-order valence-corrected chi connectivity index (χ2v) is 5.11. The van der Waals surface area contributed by atoms with Crippen LogP contribution in [0.4, 0.5) is 5.69 Å². The summed E-state index contributed by atoms with van der Waals surface area (Å²) < 4.78 is 0.973. The van der Waals surface area contributed by atoms with Gasteiger partial charge in [0.1, 0.15) is 0 Å². The highest BCUT2D eigenvalue weighted by Crippen LogP contribution is 2.35. The third kappa shape index (κ3) is 1.91. The van der Waals surface area contributed by atoms with Crippen molar-refractivity contribution in [2.24, 2.45) is 5.92 Å². The van der Waals surface area contributed by atoms with Gasteiger partial charge in [-0.05, 0) is 46.8 Å². The zero-order valence-electron chi connectivity index (χ0n) is 8.06. The maximum absolute atomic E-state index is 6.01. The molecule has 2 atom stereocenters. The van der Waals surface area contributed by atoms with E-state index in [1.165, 1.54) is 12.8 Å². The molecule has 0 aromatic heterocycles. The molecule has 0 aliphatic heterocycles. The Morgan fingerprint density at radius 2 is 2.21 bits per heavy atom. The average Bonchev–Trinajstić information content (AvgIpc) is 2.18. The molecule has 1 N–H and O–H groups in total. The van der Waals surface area contributed by atoms with Crippen LogP contribution in [0.15, 0.2) is 22.7 Å². The summed E-state index contributed by atoms with van der Waals surface area (Å²) in [7, 11) is 0. The fourth-order valence-corrected chi connectivity index (χ4v) is 2.25. The molecule has 0 amide bonds. The molecule has 76 valence electrons. The van der Waals surface area contributed by atoms with Crippen molar-refractivity contribution in [3.05, 3.63) is 27.7 Å². The maximum Gasteiger partial charge on any atom is 0.0593 e. The molecule has 1 aliphatic rings. The number of nitrogens with one attached hydrogen (secondary N) is 1. The molecule has 14 heavy (non-hydrogen) atoms. The highest BCUT2D eigenvalue weighted by molar-refractivity contribution is 9.10. The van der Waals surface area contributed by atoms with Gasteiger partial charge in [-0.15, -0.1) is 0 Å². The Kier molecular flexibility index (Phi) is 3.03. The molecule has 1 aromatic carbocycles. The van der Waals surface area contributed by atoms with Crippen LogP contribution < -0.4 is 5.32 Å². The van der Waals surface area contributed by atoms with Gasteiger partial charge in [0.2, 0.25) is 0 Å². The number of benzene rings is 1. The van der Waals surface area contributed by atoms with Crippen LogP contribution in [0, 0.1) is 5.92 Å². The van der Waals surface area contributed by atoms with Crippen LogP contribution in [0.3, 0.4) is 0 Å². The van der Waals surface area contributed by atoms with E-state index in [0.29, 0.717) is 6.04 Å². The number of hydrogen-bond acceptors (Lipinski definition) is 1. The molecule has 1 aliphatic carbocycles. The zero-order chi connectivity index (χ0) is 10.1. The third-order valence-electron chi connectivity index (χ3n) is 2.91. The van der Waals surface area contributed by atoms with Crippen LogP contribution in [0.2, 0.25) is 5.02 Å². The SMILES string of the molecule is CC1CCC1Nc1cccc(Cl)c1Br. The lowest BCUT2D eigenvalue weighted by Crippen LogP contribution is -2.36. The van der Waals surface area contributed by atoms with Gasteiger partial charge >= 0.3 is 0 Å². The fourth-order valence-electron chi connectivity index (χ4n) is 1.70. The summed E-state index contributed by atoms with van der Waals surface area (Å²) in [4.78, 5) is 0. The third-order valence-corrected chi connectivity index (χ3v) is 4.31. The monoisotopic (exact) mass is 273 g/mol. The number of rotatable bonds is 2. The largest absolute Gasteiger partial charge is 0.381 e. The van der Waals surface area contributed by atoms with Crippen LogP contribution in [0.1, 0.15) is 19.8 Å². The van der Waals surface area contributed by atoms with E-state index in [0.717, 1.165) is 21.1 Å². The maximum atomic E-state index is 6.01. The zero-order valence-corrected chi connectivity index (χ0v) is 10.4. The van der Waals surface area contributed by atoms with Crippen LogP contribution in [0.25, 0.3) is 0 Å². The van der Waals surface area contributed by atoms with Crippen molar-refractivity contribution in [1.82, 2.24) is 0 Å². The first-order valence-corrected chi connectivity index (χ1v) is 6.06. The molecule has 1 nitrogen and oxygen atoms in total. The second kappa shape index (κ2) is 4.11. The fraction of sp³-hybridized carbons (Fsp3) is 0.455. The Labute approximate surface area is 98.0 Å². The van der Waals surface area contributed by atoms with E-state index in [1.54, 1.807) is 0 Å². The topological polar surface area (TPSA) is 12.0 Å². The Hall–Kier alpha value is -0.210. The molecule has 1 fully saturated rings. The summed E-state index contributed by atoms with van der Waals surface area (Å²) in [6, 6.07) is 6.53. The minimum absolute atomic E-state index is 0.616. The Morgan fingerprint density at radius 3 is 2.79 bits per heavy atom. The van der Waals surface area contributed by atoms with E-state index in [1.807, 2.05) is 12.1 Å². The van der Waals surface area contributed by atoms with Crippen molar-refractivity contribution in [3.8, 4) is 0 Å². The minimum Gasteiger partial charge on any atom is -0.381 e. The molecule has 0 saturated heterocycles. The lowest BCUT2D eigenvalue weighted by molar-refractivity contribution is 0.303. The van der Waals surface area contributed by atoms with Gasteiger partial charge < -0.3 is 5.32 Å². The normalized spacial score (nSPS) is 25.6. The van der Waals surface area contributed by atoms with Crippen molar-refractivity contribution in [1.29, 1.82) is 0 Å². The summed E-state index contributed by atoms with van der Waals surface area (Å²) >= 11 is 9.50. The first-order chi connectivity index (χ1) is 6.68. The summed E-state index contributed by atoms with van der Waals surface area (Å²) in [5, 5.41) is 4.27. The quantitative estimate of drug-likeness (QED) is 0.847. The average molecular weight is 275 g/mol. The van der Waals surface area contributed by atoms with Gasteiger partial charge in [-0.2, -0.15) is 0 Å². The standard InChI is InChI=1S/C11H13BrClN/c1-7-5-6-9(7)14-10-4-2-3-8(13)11(10)12/h2-4,7,9,14H,5-6H2,1H3. The molecule has 2 rings (SSSR count). The van der Waals surface area contributed by atoms with E-state index in [9.17, 15) is 0 Å². The summed E-state index contributed by atoms with van der Waals surface area (Å²) in [5.41, 5.74) is 1.11. The van der Waals surface area contributed by atoms with Crippen LogP contribution >= 0.6 is 27.5 Å². The van der Waals surface area contributed by atoms with Crippen molar-refractivity contribution in [2.45, 2.75) is 25.8 Å². The van der Waals surface area contributed by atoms with E-state index < -0.39 is 0 Å². The van der Waals surface area contributed by atoms with Crippen molar-refractivity contribution in [3.63, 3.8) is 0 Å². The second-order valence-electron chi connectivity index (χ2n) is 3.91. The van der Waals surface area contributed by atoms with Crippen molar-refractivity contribution in [2.75, 3.05) is 5.32 Å². The van der Waals surface area contributed by atoms with Gasteiger partial charge in [0, 0.05) is 6.04 Å². The van der Waals surface area contributed by atoms with Crippen LogP contribution in [-0.4, -0.2) is 6.04 Å². The summed E-state index contributed by atoms with van der Waals surface area (Å²) in [6.07, 6.45) is 2.59. The van der Waals surface area contributed by atoms with Gasteiger partial charge in [-0.1, -0.05) is 24.6 Å². The number of anilines is 1. The Bertz CT molecular complexity index is 340. The van der Waals surface area contributed by atoms with Crippen LogP contribution in [0.5, 0.6) is 0 Å². The number of hydrogen-bond donors (Lipinski definition) is 1. The summed E-state index contributed by atoms with van der Waals surface area (Å²) in [5.74, 6) is 0.779. The van der Waals surface area contributed by atoms with Crippen molar-refractivity contribution >= 4 is 33.2 Å². The molecule has 0 spiro atoms. The molecule has 1 saturated carbocycles. The van der Waals surface area contributed by atoms with Crippen LogP contribution in [-0.2, 0) is 0 Å². The van der Waals surface area contributed by atoms with Gasteiger partial charge in [0.25, 0.3) is 0 Å². The Balaban J connectivity index is 2.12. The molecule has 2 unspecified atom stereocenters. The minimum atomic E-state index is 0.616. The van der Waals surface area contributed by atoms with Crippen molar-refractivity contribution < 1.29 is 0 Å². The van der Waals surface area contributed by atoms with E-state index in [4.69, 9.17) is 11.6 Å². The smallest absolute Gasteiger partial charge is 0.0593 e. The molecule has 3 heteroatoms. The van der Waals surface area contributed by atoms with Gasteiger partial charge in [-0.3, -0.25) is 0 Å². The summed E-state index contributed by atoms with van der Waals surface area (Å²) in [6.45, 7) is 2.28. The highest BCUT2D eigenvalue weighted by atomic mass is 79.9. The lowest BCUT2D eigenvalue weighted by atomic mass is 9.81. The first-order valence-electron chi connectivity index (χ1n) is 4.89. The predicted octanol–water partition coefficient (Wildman–Crippen LogP) is 4.31. The van der Waals surface area contributed by atoms with Gasteiger partial charge in [0.15, 0.2) is 0 Å². The molecular formula is C11H13BrClN. The molecule has 0 bridgehead atoms. The highest BCUT2D eigenvalue weighted by Gasteiger charge is 2.26. The lowest BCUT2D eigenvalue weighted by Gasteiger charge is -2.35. The van der Waals surface area contributed by atoms with E-state index >= 15 is 0 Å². The predicted molar refractivity (Wildman–Crippen MR) is 65.0 cm³/mol. The number of halogens is 2. The van der Waals surface area contributed by atoms with E-state index in [2.05, 4.69) is 34.2 Å². The molecule has 1 aromatic rings. The molecule has 0 heterocycles. The molecular weight excluding hydrogens is 261 g/mol. The van der Waals surface area contributed by atoms with E-state index in [-0.39, 0.29) is 0 Å².